The number of fused-ring (bicyclic) bond motifs is 1. The molecule has 0 aliphatic heterocycles. The van der Waals surface area contributed by atoms with Gasteiger partial charge in [-0.3, -0.25) is 0 Å². The molecule has 6 heteroatoms. The van der Waals surface area contributed by atoms with Crippen molar-refractivity contribution in [2.75, 3.05) is 32.6 Å². The van der Waals surface area contributed by atoms with E-state index in [9.17, 15) is 0 Å². The number of aliphatic hydroxyl groups excluding tert-OH is 1. The van der Waals surface area contributed by atoms with Gasteiger partial charge in [-0.15, -0.1) is 11.3 Å². The zero-order chi connectivity index (χ0) is 16.9. The minimum absolute atomic E-state index is 0.168. The van der Waals surface area contributed by atoms with Crippen LogP contribution in [0.3, 0.4) is 0 Å². The van der Waals surface area contributed by atoms with Crippen molar-refractivity contribution in [1.82, 2.24) is 14.9 Å². The third kappa shape index (κ3) is 3.72. The topological polar surface area (TPSA) is 61.3 Å². The second-order valence-corrected chi connectivity index (χ2v) is 6.78. The molecule has 126 valence electrons. The lowest BCUT2D eigenvalue weighted by molar-refractivity contribution is 0.292. The van der Waals surface area contributed by atoms with Gasteiger partial charge in [0.2, 0.25) is 0 Å². The highest BCUT2D eigenvalue weighted by Gasteiger charge is 2.15. The standard InChI is InChI=1S/C18H22N4OS/c1-22(2)11-15-20-17(19-9-6-10-23)16-14(12-24-18(16)21-15)13-7-4-3-5-8-13/h3-5,7-8,12,23H,6,9-11H2,1-2H3,(H,19,20,21). The first-order valence-corrected chi connectivity index (χ1v) is 8.90. The lowest BCUT2D eigenvalue weighted by Gasteiger charge is -2.12. The molecule has 5 nitrogen and oxygen atoms in total. The summed E-state index contributed by atoms with van der Waals surface area (Å²) >= 11 is 1.64. The lowest BCUT2D eigenvalue weighted by atomic mass is 10.1. The number of aliphatic hydroxyl groups is 1. The van der Waals surface area contributed by atoms with Crippen LogP contribution in [0.25, 0.3) is 21.3 Å². The van der Waals surface area contributed by atoms with Gasteiger partial charge in [-0.2, -0.15) is 0 Å². The number of rotatable bonds is 7. The van der Waals surface area contributed by atoms with Gasteiger partial charge in [-0.25, -0.2) is 9.97 Å². The number of aromatic nitrogens is 2. The molecule has 3 aromatic rings. The van der Waals surface area contributed by atoms with E-state index in [1.54, 1.807) is 11.3 Å². The van der Waals surface area contributed by atoms with Gasteiger partial charge < -0.3 is 15.3 Å². The van der Waals surface area contributed by atoms with Crippen molar-refractivity contribution in [2.24, 2.45) is 0 Å². The SMILES string of the molecule is CN(C)Cc1nc(NCCCO)c2c(-c3ccccc3)csc2n1. The van der Waals surface area contributed by atoms with Crippen LogP contribution in [0.2, 0.25) is 0 Å². The molecule has 0 bridgehead atoms. The van der Waals surface area contributed by atoms with Gasteiger partial charge in [0.1, 0.15) is 16.5 Å². The van der Waals surface area contributed by atoms with Gasteiger partial charge >= 0.3 is 0 Å². The summed E-state index contributed by atoms with van der Waals surface area (Å²) in [5.41, 5.74) is 2.32. The van der Waals surface area contributed by atoms with Gasteiger partial charge in [-0.1, -0.05) is 30.3 Å². The minimum atomic E-state index is 0.168. The molecule has 3 rings (SSSR count). The number of anilines is 1. The number of nitrogens with one attached hydrogen (secondary N) is 1. The van der Waals surface area contributed by atoms with Crippen molar-refractivity contribution in [1.29, 1.82) is 0 Å². The molecule has 24 heavy (non-hydrogen) atoms. The Balaban J connectivity index is 2.08. The fraction of sp³-hybridized carbons (Fsp3) is 0.333. The molecular weight excluding hydrogens is 320 g/mol. The van der Waals surface area contributed by atoms with E-state index in [4.69, 9.17) is 15.1 Å². The van der Waals surface area contributed by atoms with Crippen molar-refractivity contribution < 1.29 is 5.11 Å². The minimum Gasteiger partial charge on any atom is -0.396 e. The van der Waals surface area contributed by atoms with Crippen LogP contribution in [-0.4, -0.2) is 47.2 Å². The summed E-state index contributed by atoms with van der Waals surface area (Å²) in [5, 5.41) is 15.6. The largest absolute Gasteiger partial charge is 0.396 e. The number of benzene rings is 1. The summed E-state index contributed by atoms with van der Waals surface area (Å²) in [6, 6.07) is 10.3. The molecule has 0 aliphatic carbocycles. The first-order valence-electron chi connectivity index (χ1n) is 8.02. The average molecular weight is 342 g/mol. The average Bonchev–Trinajstić information content (AvgIpc) is 2.99. The summed E-state index contributed by atoms with van der Waals surface area (Å²) in [4.78, 5) is 12.5. The fourth-order valence-electron chi connectivity index (χ4n) is 2.58. The maximum Gasteiger partial charge on any atom is 0.146 e. The zero-order valence-electron chi connectivity index (χ0n) is 14.0. The normalized spacial score (nSPS) is 11.3. The van der Waals surface area contributed by atoms with Crippen molar-refractivity contribution in [2.45, 2.75) is 13.0 Å². The monoisotopic (exact) mass is 342 g/mol. The number of nitrogens with zero attached hydrogens (tertiary/aromatic N) is 3. The highest BCUT2D eigenvalue weighted by molar-refractivity contribution is 7.17. The Morgan fingerprint density at radius 2 is 1.96 bits per heavy atom. The van der Waals surface area contributed by atoms with Gasteiger partial charge in [-0.05, 0) is 26.1 Å². The molecule has 0 atom stereocenters. The molecular formula is C18H22N4OS. The highest BCUT2D eigenvalue weighted by Crippen LogP contribution is 2.36. The molecule has 0 amide bonds. The van der Waals surface area contributed by atoms with E-state index in [2.05, 4.69) is 27.7 Å². The van der Waals surface area contributed by atoms with Crippen molar-refractivity contribution in [3.05, 3.63) is 41.5 Å². The van der Waals surface area contributed by atoms with Gasteiger partial charge in [0.15, 0.2) is 0 Å². The maximum atomic E-state index is 9.05. The van der Waals surface area contributed by atoms with E-state index in [0.717, 1.165) is 33.0 Å². The third-order valence-electron chi connectivity index (χ3n) is 3.65. The molecule has 0 aliphatic rings. The summed E-state index contributed by atoms with van der Waals surface area (Å²) < 4.78 is 0. The molecule has 1 aromatic carbocycles. The molecule has 2 aromatic heterocycles. The Morgan fingerprint density at radius 1 is 1.17 bits per heavy atom. The van der Waals surface area contributed by atoms with Gasteiger partial charge in [0.25, 0.3) is 0 Å². The number of hydrogen-bond donors (Lipinski definition) is 2. The first kappa shape index (κ1) is 16.8. The first-order chi connectivity index (χ1) is 11.7. The molecule has 0 fully saturated rings. The summed E-state index contributed by atoms with van der Waals surface area (Å²) in [7, 11) is 4.02. The predicted octanol–water partition coefficient (Wildman–Crippen LogP) is 3.21. The van der Waals surface area contributed by atoms with Crippen LogP contribution < -0.4 is 5.32 Å². The lowest BCUT2D eigenvalue weighted by Crippen LogP contribution is -2.15. The van der Waals surface area contributed by atoms with E-state index >= 15 is 0 Å². The Kier molecular flexibility index (Phi) is 5.40. The van der Waals surface area contributed by atoms with Crippen LogP contribution in [0.15, 0.2) is 35.7 Å². The van der Waals surface area contributed by atoms with Gasteiger partial charge in [0, 0.05) is 24.1 Å². The molecule has 0 spiro atoms. The van der Waals surface area contributed by atoms with Crippen LogP contribution >= 0.6 is 11.3 Å². The molecule has 2 heterocycles. The summed E-state index contributed by atoms with van der Waals surface area (Å²) in [5.74, 6) is 1.66. The number of hydrogen-bond acceptors (Lipinski definition) is 6. The van der Waals surface area contributed by atoms with Gasteiger partial charge in [0.05, 0.1) is 11.9 Å². The predicted molar refractivity (Wildman–Crippen MR) is 100 cm³/mol. The zero-order valence-corrected chi connectivity index (χ0v) is 14.8. The fourth-order valence-corrected chi connectivity index (χ4v) is 3.55. The highest BCUT2D eigenvalue weighted by atomic mass is 32.1. The van der Waals surface area contributed by atoms with Crippen LogP contribution in [0.4, 0.5) is 5.82 Å². The Bertz CT molecular complexity index is 801. The van der Waals surface area contributed by atoms with E-state index in [-0.39, 0.29) is 6.61 Å². The third-order valence-corrected chi connectivity index (χ3v) is 4.52. The van der Waals surface area contributed by atoms with Crippen molar-refractivity contribution in [3.63, 3.8) is 0 Å². The summed E-state index contributed by atoms with van der Waals surface area (Å²) in [6.07, 6.45) is 0.694. The summed E-state index contributed by atoms with van der Waals surface area (Å²) in [6.45, 7) is 1.55. The van der Waals surface area contributed by atoms with E-state index in [1.807, 2.05) is 32.3 Å². The molecule has 0 unspecified atom stereocenters. The molecule has 0 radical (unpaired) electrons. The Morgan fingerprint density at radius 3 is 2.67 bits per heavy atom. The van der Waals surface area contributed by atoms with Crippen molar-refractivity contribution in [3.8, 4) is 11.1 Å². The van der Waals surface area contributed by atoms with Crippen LogP contribution in [0.1, 0.15) is 12.2 Å². The second-order valence-electron chi connectivity index (χ2n) is 5.93. The van der Waals surface area contributed by atoms with E-state index < -0.39 is 0 Å². The van der Waals surface area contributed by atoms with E-state index in [1.165, 1.54) is 0 Å². The van der Waals surface area contributed by atoms with Crippen molar-refractivity contribution >= 4 is 27.4 Å². The van der Waals surface area contributed by atoms with E-state index in [0.29, 0.717) is 19.5 Å². The Hall–Kier alpha value is -2.02. The van der Waals surface area contributed by atoms with Crippen LogP contribution in [0.5, 0.6) is 0 Å². The second kappa shape index (κ2) is 7.70. The number of thiophene rings is 1. The molecule has 0 saturated carbocycles. The molecule has 2 N–H and O–H groups in total. The van der Waals surface area contributed by atoms with Crippen LogP contribution in [0, 0.1) is 0 Å². The quantitative estimate of drug-likeness (QED) is 0.646. The molecule has 0 saturated heterocycles. The smallest absolute Gasteiger partial charge is 0.146 e. The van der Waals surface area contributed by atoms with Crippen LogP contribution in [-0.2, 0) is 6.54 Å². The maximum absolute atomic E-state index is 9.05. The Labute approximate surface area is 146 Å².